The van der Waals surface area contributed by atoms with Gasteiger partial charge in [-0.25, -0.2) is 0 Å². The average molecular weight is 422 g/mol. The smallest absolute Gasteiger partial charge is 0.269 e. The summed E-state index contributed by atoms with van der Waals surface area (Å²) in [6.45, 7) is 0. The molecule has 27 heavy (non-hydrogen) atoms. The SMILES string of the molecule is O=C(CSc1nncn1-c1cccc(Cl)c1)NNC(=O)c1ccc(Cl)cc1. The van der Waals surface area contributed by atoms with E-state index in [-0.39, 0.29) is 11.7 Å². The van der Waals surface area contributed by atoms with Crippen molar-refractivity contribution in [3.63, 3.8) is 0 Å². The van der Waals surface area contributed by atoms with Crippen LogP contribution in [-0.4, -0.2) is 32.3 Å². The van der Waals surface area contributed by atoms with Crippen molar-refractivity contribution >= 4 is 46.8 Å². The summed E-state index contributed by atoms with van der Waals surface area (Å²) in [5.74, 6) is -0.782. The van der Waals surface area contributed by atoms with E-state index in [2.05, 4.69) is 21.0 Å². The minimum atomic E-state index is -0.438. The van der Waals surface area contributed by atoms with Crippen LogP contribution in [0.5, 0.6) is 0 Å². The van der Waals surface area contributed by atoms with Gasteiger partial charge in [-0.2, -0.15) is 0 Å². The first-order valence-electron chi connectivity index (χ1n) is 7.66. The predicted octanol–water partition coefficient (Wildman–Crippen LogP) is 3.13. The Kier molecular flexibility index (Phi) is 6.33. The van der Waals surface area contributed by atoms with Crippen LogP contribution in [0.2, 0.25) is 10.0 Å². The Hall–Kier alpha value is -2.55. The molecule has 3 aromatic rings. The van der Waals surface area contributed by atoms with Crippen LogP contribution in [0.3, 0.4) is 0 Å². The highest BCUT2D eigenvalue weighted by atomic mass is 35.5. The average Bonchev–Trinajstić information content (AvgIpc) is 3.13. The molecule has 0 aliphatic carbocycles. The van der Waals surface area contributed by atoms with Crippen LogP contribution in [0.4, 0.5) is 0 Å². The molecule has 2 N–H and O–H groups in total. The molecule has 0 spiro atoms. The van der Waals surface area contributed by atoms with Gasteiger partial charge in [-0.15, -0.1) is 10.2 Å². The van der Waals surface area contributed by atoms with E-state index in [0.29, 0.717) is 20.8 Å². The number of nitrogens with one attached hydrogen (secondary N) is 2. The highest BCUT2D eigenvalue weighted by molar-refractivity contribution is 7.99. The van der Waals surface area contributed by atoms with Gasteiger partial charge in [-0.05, 0) is 42.5 Å². The normalized spacial score (nSPS) is 10.4. The van der Waals surface area contributed by atoms with Gasteiger partial charge in [0.15, 0.2) is 5.16 Å². The van der Waals surface area contributed by atoms with Crippen molar-refractivity contribution in [1.82, 2.24) is 25.6 Å². The monoisotopic (exact) mass is 421 g/mol. The Labute approximate surface area is 169 Å². The van der Waals surface area contributed by atoms with E-state index in [0.717, 1.165) is 5.69 Å². The standard InChI is InChI=1S/C17H13Cl2N5O2S/c18-12-6-4-11(5-7-12)16(26)22-21-15(25)9-27-17-23-20-10-24(17)14-3-1-2-13(19)8-14/h1-8,10H,9H2,(H,21,25)(H,22,26). The molecule has 3 rings (SSSR count). The molecular weight excluding hydrogens is 409 g/mol. The number of hydrazine groups is 1. The topological polar surface area (TPSA) is 88.9 Å². The zero-order valence-electron chi connectivity index (χ0n) is 13.7. The number of carbonyl (C=O) groups is 2. The molecule has 0 unspecified atom stereocenters. The first-order chi connectivity index (χ1) is 13.0. The lowest BCUT2D eigenvalue weighted by molar-refractivity contribution is -0.119. The van der Waals surface area contributed by atoms with Gasteiger partial charge in [0.05, 0.1) is 11.4 Å². The Morgan fingerprint density at radius 1 is 1.04 bits per heavy atom. The molecule has 0 radical (unpaired) electrons. The van der Waals surface area contributed by atoms with Crippen molar-refractivity contribution in [2.45, 2.75) is 5.16 Å². The molecule has 0 saturated heterocycles. The van der Waals surface area contributed by atoms with Crippen LogP contribution in [0, 0.1) is 0 Å². The lowest BCUT2D eigenvalue weighted by Crippen LogP contribution is -2.42. The van der Waals surface area contributed by atoms with Gasteiger partial charge in [0, 0.05) is 15.6 Å². The third-order valence-electron chi connectivity index (χ3n) is 3.36. The number of benzene rings is 2. The maximum absolute atomic E-state index is 12.0. The zero-order valence-corrected chi connectivity index (χ0v) is 16.1. The molecular formula is C17H13Cl2N5O2S. The largest absolute Gasteiger partial charge is 0.277 e. The van der Waals surface area contributed by atoms with Gasteiger partial charge in [0.1, 0.15) is 6.33 Å². The Balaban J connectivity index is 1.53. The summed E-state index contributed by atoms with van der Waals surface area (Å²) in [6.07, 6.45) is 1.54. The fraction of sp³-hybridized carbons (Fsp3) is 0.0588. The van der Waals surface area contributed by atoms with Gasteiger partial charge in [0.25, 0.3) is 5.91 Å². The van der Waals surface area contributed by atoms with E-state index in [1.54, 1.807) is 41.0 Å². The van der Waals surface area contributed by atoms with Crippen LogP contribution >= 0.6 is 35.0 Å². The maximum atomic E-state index is 12.0. The second-order valence-corrected chi connectivity index (χ2v) is 7.08. The van der Waals surface area contributed by atoms with E-state index >= 15 is 0 Å². The highest BCUT2D eigenvalue weighted by Crippen LogP contribution is 2.21. The summed E-state index contributed by atoms with van der Waals surface area (Å²) in [5, 5.41) is 9.49. The van der Waals surface area contributed by atoms with E-state index < -0.39 is 5.91 Å². The predicted molar refractivity (Wildman–Crippen MR) is 104 cm³/mol. The summed E-state index contributed by atoms with van der Waals surface area (Å²) >= 11 is 13.0. The number of amides is 2. The van der Waals surface area contributed by atoms with Crippen molar-refractivity contribution in [2.24, 2.45) is 0 Å². The Morgan fingerprint density at radius 2 is 1.81 bits per heavy atom. The molecule has 0 bridgehead atoms. The van der Waals surface area contributed by atoms with Crippen LogP contribution in [-0.2, 0) is 4.79 Å². The number of thioether (sulfide) groups is 1. The molecule has 0 aliphatic rings. The Morgan fingerprint density at radius 3 is 2.56 bits per heavy atom. The van der Waals surface area contributed by atoms with Crippen LogP contribution in [0.1, 0.15) is 10.4 Å². The van der Waals surface area contributed by atoms with Crippen molar-refractivity contribution in [3.8, 4) is 5.69 Å². The molecule has 1 aromatic heterocycles. The molecule has 7 nitrogen and oxygen atoms in total. The number of hydrogen-bond acceptors (Lipinski definition) is 5. The molecule has 10 heteroatoms. The quantitative estimate of drug-likeness (QED) is 0.487. The number of aromatic nitrogens is 3. The van der Waals surface area contributed by atoms with E-state index in [1.807, 2.05) is 12.1 Å². The zero-order chi connectivity index (χ0) is 19.2. The van der Waals surface area contributed by atoms with E-state index in [1.165, 1.54) is 18.1 Å². The molecule has 138 valence electrons. The second-order valence-electron chi connectivity index (χ2n) is 5.26. The fourth-order valence-corrected chi connectivity index (χ4v) is 3.13. The molecule has 0 fully saturated rings. The van der Waals surface area contributed by atoms with E-state index in [4.69, 9.17) is 23.2 Å². The van der Waals surface area contributed by atoms with Gasteiger partial charge >= 0.3 is 0 Å². The number of halogens is 2. The van der Waals surface area contributed by atoms with Crippen molar-refractivity contribution < 1.29 is 9.59 Å². The molecule has 0 atom stereocenters. The molecule has 0 aliphatic heterocycles. The second kappa shape index (κ2) is 8.90. The lowest BCUT2D eigenvalue weighted by Gasteiger charge is -2.08. The fourth-order valence-electron chi connectivity index (χ4n) is 2.09. The van der Waals surface area contributed by atoms with Crippen LogP contribution < -0.4 is 10.9 Å². The third-order valence-corrected chi connectivity index (χ3v) is 4.79. The molecule has 0 saturated carbocycles. The van der Waals surface area contributed by atoms with Gasteiger partial charge in [-0.3, -0.25) is 25.0 Å². The summed E-state index contributed by atoms with van der Waals surface area (Å²) in [6, 6.07) is 13.5. The molecule has 2 amide bonds. The van der Waals surface area contributed by atoms with Crippen molar-refractivity contribution in [3.05, 3.63) is 70.5 Å². The minimum Gasteiger partial charge on any atom is -0.277 e. The molecule has 1 heterocycles. The van der Waals surface area contributed by atoms with Gasteiger partial charge < -0.3 is 0 Å². The number of carbonyl (C=O) groups excluding carboxylic acids is 2. The molecule has 2 aromatic carbocycles. The minimum absolute atomic E-state index is 0.0418. The first kappa shape index (κ1) is 19.2. The summed E-state index contributed by atoms with van der Waals surface area (Å²) in [4.78, 5) is 23.9. The number of hydrogen-bond donors (Lipinski definition) is 2. The maximum Gasteiger partial charge on any atom is 0.269 e. The number of rotatable bonds is 5. The van der Waals surface area contributed by atoms with Crippen molar-refractivity contribution in [2.75, 3.05) is 5.75 Å². The third kappa shape index (κ3) is 5.22. The highest BCUT2D eigenvalue weighted by Gasteiger charge is 2.12. The van der Waals surface area contributed by atoms with E-state index in [9.17, 15) is 9.59 Å². The van der Waals surface area contributed by atoms with Gasteiger partial charge in [0.2, 0.25) is 5.91 Å². The first-order valence-corrected chi connectivity index (χ1v) is 9.40. The summed E-state index contributed by atoms with van der Waals surface area (Å²) < 4.78 is 1.72. The summed E-state index contributed by atoms with van der Waals surface area (Å²) in [7, 11) is 0. The number of nitrogens with zero attached hydrogens (tertiary/aromatic N) is 3. The van der Waals surface area contributed by atoms with Gasteiger partial charge in [-0.1, -0.05) is 41.0 Å². The Bertz CT molecular complexity index is 962. The van der Waals surface area contributed by atoms with Crippen LogP contribution in [0.15, 0.2) is 60.0 Å². The lowest BCUT2D eigenvalue weighted by atomic mass is 10.2. The van der Waals surface area contributed by atoms with Crippen molar-refractivity contribution in [1.29, 1.82) is 0 Å². The van der Waals surface area contributed by atoms with Crippen LogP contribution in [0.25, 0.3) is 5.69 Å². The summed E-state index contributed by atoms with van der Waals surface area (Å²) in [5.41, 5.74) is 5.87.